The van der Waals surface area contributed by atoms with Gasteiger partial charge in [0.05, 0.1) is 0 Å². The average molecular weight is 153 g/mol. The van der Waals surface area contributed by atoms with E-state index in [-0.39, 0.29) is 63.0 Å². The van der Waals surface area contributed by atoms with Crippen LogP contribution in [-0.2, 0) is 38.2 Å². The minimum atomic E-state index is 0. The summed E-state index contributed by atoms with van der Waals surface area (Å²) < 4.78 is 0. The minimum absolute atomic E-state index is 0. The third-order valence-corrected chi connectivity index (χ3v) is 0. The van der Waals surface area contributed by atoms with Crippen LogP contribution >= 0.6 is 0 Å². The zero-order valence-electron chi connectivity index (χ0n) is 0.816. The summed E-state index contributed by atoms with van der Waals surface area (Å²) in [6.07, 6.45) is 0. The van der Waals surface area contributed by atoms with Crippen molar-refractivity contribution >= 4 is 17.4 Å². The maximum absolute atomic E-state index is 0. The summed E-state index contributed by atoms with van der Waals surface area (Å²) in [5, 5.41) is 0. The zero-order valence-corrected chi connectivity index (χ0v) is 3.37. The first-order valence-electron chi connectivity index (χ1n) is 0. The average Bonchev–Trinajstić information content (AvgIpc) is 0. The summed E-state index contributed by atoms with van der Waals surface area (Å²) in [6.45, 7) is 0. The summed E-state index contributed by atoms with van der Waals surface area (Å²) in [5.74, 6) is 0. The van der Waals surface area contributed by atoms with Gasteiger partial charge in [0.25, 0.3) is 0 Å². The first-order chi connectivity index (χ1) is 0. The summed E-state index contributed by atoms with van der Waals surface area (Å²) in [4.78, 5) is 0. The quantitative estimate of drug-likeness (QED) is 0.409. The Balaban J connectivity index is 0. The van der Waals surface area contributed by atoms with Crippen LogP contribution in [0.3, 0.4) is 0 Å². The molecule has 0 aromatic carbocycles. The van der Waals surface area contributed by atoms with E-state index in [1.807, 2.05) is 0 Å². The van der Waals surface area contributed by atoms with Crippen LogP contribution in [0.2, 0.25) is 0 Å². The van der Waals surface area contributed by atoms with Crippen molar-refractivity contribution < 1.29 is 38.2 Å². The molecule has 0 N–H and O–H groups in total. The van der Waals surface area contributed by atoms with Gasteiger partial charge < -0.3 is 0 Å². The monoisotopic (exact) mass is 152 g/mol. The van der Waals surface area contributed by atoms with Crippen molar-refractivity contribution in [3.05, 3.63) is 0 Å². The molecule has 0 aliphatic carbocycles. The van der Waals surface area contributed by atoms with Gasteiger partial charge in [-0.25, -0.2) is 0 Å². The molecule has 0 heterocycles. The normalized spacial score (nSPS) is 0. The van der Waals surface area contributed by atoms with Gasteiger partial charge in [-0.1, -0.05) is 7.43 Å². The molecule has 0 unspecified atom stereocenters. The molecule has 3 heteroatoms. The fourth-order valence-corrected chi connectivity index (χ4v) is 0. The second-order valence-electron chi connectivity index (χ2n) is 0. The van der Waals surface area contributed by atoms with Crippen LogP contribution in [0.15, 0.2) is 0 Å². The standard InChI is InChI=1S/CH4.Al.Ni.Ti.3H/h1H4;;;;;;. The van der Waals surface area contributed by atoms with E-state index >= 15 is 0 Å². The van der Waals surface area contributed by atoms with Crippen LogP contribution in [0.5, 0.6) is 0 Å². The molecule has 0 spiro atoms. The first kappa shape index (κ1) is 42.6. The third-order valence-electron chi connectivity index (χ3n) is 0. The number of rotatable bonds is 0. The van der Waals surface area contributed by atoms with Crippen molar-refractivity contribution in [2.45, 2.75) is 7.43 Å². The fraction of sp³-hybridized carbons (Fsp3) is 1.00. The molecule has 0 amide bonds. The van der Waals surface area contributed by atoms with Gasteiger partial charge in [-0.3, -0.25) is 0 Å². The first-order valence-corrected chi connectivity index (χ1v) is 0. The topological polar surface area (TPSA) is 0 Å². The Hall–Kier alpha value is 1.74. The predicted octanol–water partition coefficient (Wildman–Crippen LogP) is -0.553. The van der Waals surface area contributed by atoms with E-state index < -0.39 is 0 Å². The molecule has 0 bridgehead atoms. The minimum Gasteiger partial charge on any atom is -0.0776 e. The molecule has 0 rings (SSSR count). The van der Waals surface area contributed by atoms with E-state index in [2.05, 4.69) is 0 Å². The van der Waals surface area contributed by atoms with Gasteiger partial charge >= 0.3 is 0 Å². The smallest absolute Gasteiger partial charge is 0.0776 e. The molecular weight excluding hydrogens is 146 g/mol. The molecule has 0 aromatic rings. The Labute approximate surface area is 62.7 Å². The molecule has 4 heavy (non-hydrogen) atoms. The maximum Gasteiger partial charge on any atom is 0.187 e. The Morgan fingerprint density at radius 3 is 1.00 bits per heavy atom. The molecule has 0 saturated carbocycles. The fourth-order valence-electron chi connectivity index (χ4n) is 0. The SMILES string of the molecule is C.[AlH3].[Ni].[Ti]. The van der Waals surface area contributed by atoms with Crippen molar-refractivity contribution in [1.82, 2.24) is 0 Å². The van der Waals surface area contributed by atoms with Crippen LogP contribution < -0.4 is 0 Å². The summed E-state index contributed by atoms with van der Waals surface area (Å²) in [6, 6.07) is 0. The van der Waals surface area contributed by atoms with Gasteiger partial charge in [-0.15, -0.1) is 0 Å². The van der Waals surface area contributed by atoms with E-state index in [1.165, 1.54) is 0 Å². The maximum atomic E-state index is 0. The van der Waals surface area contributed by atoms with E-state index in [4.69, 9.17) is 0 Å². The van der Waals surface area contributed by atoms with Gasteiger partial charge in [-0.05, 0) is 0 Å². The van der Waals surface area contributed by atoms with Crippen LogP contribution in [-0.4, -0.2) is 17.4 Å². The van der Waals surface area contributed by atoms with E-state index in [0.717, 1.165) is 0 Å². The second kappa shape index (κ2) is 21.9. The van der Waals surface area contributed by atoms with Crippen molar-refractivity contribution in [2.75, 3.05) is 0 Å². The summed E-state index contributed by atoms with van der Waals surface area (Å²) in [5.41, 5.74) is 0. The Morgan fingerprint density at radius 1 is 1.00 bits per heavy atom. The number of hydrogen-bond acceptors (Lipinski definition) is 0. The second-order valence-corrected chi connectivity index (χ2v) is 0. The van der Waals surface area contributed by atoms with Gasteiger partial charge in [-0.2, -0.15) is 0 Å². The third kappa shape index (κ3) is 9.27. The van der Waals surface area contributed by atoms with Gasteiger partial charge in [0.1, 0.15) is 0 Å². The van der Waals surface area contributed by atoms with Crippen molar-refractivity contribution in [3.63, 3.8) is 0 Å². The molecule has 0 saturated heterocycles. The van der Waals surface area contributed by atoms with Crippen LogP contribution in [0.4, 0.5) is 0 Å². The van der Waals surface area contributed by atoms with Crippen LogP contribution in [0, 0.1) is 0 Å². The van der Waals surface area contributed by atoms with Crippen molar-refractivity contribution in [3.8, 4) is 0 Å². The molecule has 0 aliphatic rings. The molecule has 28 valence electrons. The molecule has 0 aromatic heterocycles. The molecule has 0 atom stereocenters. The Morgan fingerprint density at radius 2 is 1.00 bits per heavy atom. The Kier molecular flexibility index (Phi) is 233. The van der Waals surface area contributed by atoms with Gasteiger partial charge in [0.2, 0.25) is 0 Å². The molecule has 0 nitrogen and oxygen atoms in total. The van der Waals surface area contributed by atoms with Gasteiger partial charge in [0, 0.05) is 38.2 Å². The molecule has 0 fully saturated rings. The number of hydrogen-bond donors (Lipinski definition) is 0. The van der Waals surface area contributed by atoms with Crippen molar-refractivity contribution in [1.29, 1.82) is 0 Å². The van der Waals surface area contributed by atoms with E-state index in [0.29, 0.717) is 0 Å². The van der Waals surface area contributed by atoms with Crippen LogP contribution in [0.1, 0.15) is 7.43 Å². The molecular formula is CH7AlNiTi. The summed E-state index contributed by atoms with van der Waals surface area (Å²) in [7, 11) is 0. The molecule has 0 radical (unpaired) electrons. The Bertz CT molecular complexity index is 8.00. The summed E-state index contributed by atoms with van der Waals surface area (Å²) >= 11 is 0. The zero-order chi connectivity index (χ0) is 0. The van der Waals surface area contributed by atoms with Crippen molar-refractivity contribution in [2.24, 2.45) is 0 Å². The van der Waals surface area contributed by atoms with E-state index in [1.54, 1.807) is 0 Å². The largest absolute Gasteiger partial charge is 0.187 e. The predicted molar refractivity (Wildman–Crippen MR) is 16.7 cm³/mol. The van der Waals surface area contributed by atoms with Gasteiger partial charge in [0.15, 0.2) is 17.4 Å². The molecule has 0 aliphatic heterocycles. The van der Waals surface area contributed by atoms with E-state index in [9.17, 15) is 0 Å². The van der Waals surface area contributed by atoms with Crippen LogP contribution in [0.25, 0.3) is 0 Å².